The van der Waals surface area contributed by atoms with E-state index in [0.29, 0.717) is 22.3 Å². The van der Waals surface area contributed by atoms with Crippen molar-refractivity contribution >= 4 is 22.8 Å². The van der Waals surface area contributed by atoms with Gasteiger partial charge in [-0.05, 0) is 31.0 Å². The Morgan fingerprint density at radius 3 is 2.59 bits per heavy atom. The molecule has 1 fully saturated rings. The van der Waals surface area contributed by atoms with Gasteiger partial charge in [0.25, 0.3) is 5.56 Å². The molecule has 0 amide bonds. The molecule has 0 aliphatic heterocycles. The molecule has 166 valence electrons. The summed E-state index contributed by atoms with van der Waals surface area (Å²) in [6, 6.07) is 10.1. The molecule has 2 aromatic carbocycles. The predicted molar refractivity (Wildman–Crippen MR) is 121 cm³/mol. The number of benzene rings is 2. The summed E-state index contributed by atoms with van der Waals surface area (Å²) >= 11 is 0. The van der Waals surface area contributed by atoms with Crippen LogP contribution in [0.15, 0.2) is 46.3 Å². The van der Waals surface area contributed by atoms with Crippen molar-refractivity contribution in [1.29, 1.82) is 0 Å². The lowest BCUT2D eigenvalue weighted by Crippen LogP contribution is -2.25. The monoisotopic (exact) mass is 436 g/mol. The van der Waals surface area contributed by atoms with Crippen LogP contribution in [0.25, 0.3) is 10.9 Å². The average molecular weight is 436 g/mol. The summed E-state index contributed by atoms with van der Waals surface area (Å²) in [5.41, 5.74) is 0.544. The fraction of sp³-hybridized carbons (Fsp3) is 0.348. The van der Waals surface area contributed by atoms with E-state index in [0.717, 1.165) is 25.7 Å². The minimum atomic E-state index is -0.546. The van der Waals surface area contributed by atoms with Gasteiger partial charge in [0.05, 0.1) is 36.3 Å². The highest BCUT2D eigenvalue weighted by atomic mass is 16.6. The fourth-order valence-corrected chi connectivity index (χ4v) is 4.18. The quantitative estimate of drug-likeness (QED) is 0.325. The largest absolute Gasteiger partial charge is 0.493 e. The smallest absolute Gasteiger partial charge is 0.315 e. The highest BCUT2D eigenvalue weighted by Gasteiger charge is 2.23. The third kappa shape index (κ3) is 4.05. The van der Waals surface area contributed by atoms with Crippen LogP contribution in [-0.2, 0) is 0 Å². The lowest BCUT2D eigenvalue weighted by atomic mass is 9.88. The van der Waals surface area contributed by atoms with E-state index in [4.69, 9.17) is 14.5 Å². The third-order valence-electron chi connectivity index (χ3n) is 5.75. The molecule has 4 rings (SSSR count). The zero-order chi connectivity index (χ0) is 22.7. The first-order valence-electron chi connectivity index (χ1n) is 10.5. The number of para-hydroxylation sites is 1. The van der Waals surface area contributed by atoms with Crippen LogP contribution >= 0.6 is 0 Å². The van der Waals surface area contributed by atoms with Crippen molar-refractivity contribution in [2.75, 3.05) is 14.2 Å². The maximum Gasteiger partial charge on any atom is 0.315 e. The van der Waals surface area contributed by atoms with Crippen LogP contribution in [0.5, 0.6) is 11.5 Å². The first kappa shape index (κ1) is 21.5. The van der Waals surface area contributed by atoms with Crippen LogP contribution in [0.1, 0.15) is 49.4 Å². The first-order valence-corrected chi connectivity index (χ1v) is 10.5. The van der Waals surface area contributed by atoms with E-state index in [-0.39, 0.29) is 28.7 Å². The SMILES string of the molecule is COc1cc(C=Nn2c(C3CCCCC3)nc3ccccc3c2=O)cc([N+](=O)[O-])c1OC. The second-order valence-electron chi connectivity index (χ2n) is 7.72. The highest BCUT2D eigenvalue weighted by Crippen LogP contribution is 2.37. The first-order chi connectivity index (χ1) is 15.5. The lowest BCUT2D eigenvalue weighted by Gasteiger charge is -2.22. The molecule has 0 unspecified atom stereocenters. The van der Waals surface area contributed by atoms with Crippen LogP contribution in [0.3, 0.4) is 0 Å². The molecule has 1 aromatic heterocycles. The maximum absolute atomic E-state index is 13.3. The van der Waals surface area contributed by atoms with Crippen LogP contribution in [0.4, 0.5) is 5.69 Å². The summed E-state index contributed by atoms with van der Waals surface area (Å²) in [4.78, 5) is 29.0. The minimum Gasteiger partial charge on any atom is -0.493 e. The van der Waals surface area contributed by atoms with E-state index in [1.165, 1.54) is 37.6 Å². The molecule has 0 bridgehead atoms. The summed E-state index contributed by atoms with van der Waals surface area (Å²) in [6.07, 6.45) is 6.65. The van der Waals surface area contributed by atoms with Gasteiger partial charge in [-0.1, -0.05) is 31.4 Å². The van der Waals surface area contributed by atoms with Gasteiger partial charge < -0.3 is 9.47 Å². The summed E-state index contributed by atoms with van der Waals surface area (Å²) in [7, 11) is 2.75. The van der Waals surface area contributed by atoms with E-state index in [1.54, 1.807) is 18.2 Å². The topological polar surface area (TPSA) is 109 Å². The van der Waals surface area contributed by atoms with Gasteiger partial charge in [0.2, 0.25) is 5.75 Å². The number of fused-ring (bicyclic) bond motifs is 1. The normalized spacial score (nSPS) is 14.7. The lowest BCUT2D eigenvalue weighted by molar-refractivity contribution is -0.385. The number of aromatic nitrogens is 2. The Labute approximate surface area is 184 Å². The molecule has 9 heteroatoms. The Bertz CT molecular complexity index is 1250. The molecule has 1 aliphatic rings. The Balaban J connectivity index is 1.85. The van der Waals surface area contributed by atoms with E-state index in [1.807, 2.05) is 12.1 Å². The zero-order valence-corrected chi connectivity index (χ0v) is 18.0. The van der Waals surface area contributed by atoms with Crippen molar-refractivity contribution in [2.45, 2.75) is 38.0 Å². The minimum absolute atomic E-state index is 0.0297. The van der Waals surface area contributed by atoms with Crippen molar-refractivity contribution in [3.63, 3.8) is 0 Å². The van der Waals surface area contributed by atoms with Gasteiger partial charge >= 0.3 is 5.69 Å². The highest BCUT2D eigenvalue weighted by molar-refractivity contribution is 5.83. The number of nitro groups is 1. The van der Waals surface area contributed by atoms with Gasteiger partial charge in [0.15, 0.2) is 5.75 Å². The van der Waals surface area contributed by atoms with E-state index >= 15 is 0 Å². The maximum atomic E-state index is 13.3. The summed E-state index contributed by atoms with van der Waals surface area (Å²) in [5.74, 6) is 0.999. The Morgan fingerprint density at radius 1 is 1.16 bits per heavy atom. The van der Waals surface area contributed by atoms with Gasteiger partial charge in [-0.15, -0.1) is 0 Å². The number of nitro benzene ring substituents is 1. The number of nitrogens with zero attached hydrogens (tertiary/aromatic N) is 4. The van der Waals surface area contributed by atoms with E-state index in [9.17, 15) is 14.9 Å². The second kappa shape index (κ2) is 9.17. The van der Waals surface area contributed by atoms with Gasteiger partial charge in [-0.25, -0.2) is 4.98 Å². The molecule has 1 heterocycles. The van der Waals surface area contributed by atoms with Gasteiger partial charge in [0.1, 0.15) is 5.82 Å². The molecule has 32 heavy (non-hydrogen) atoms. The van der Waals surface area contributed by atoms with Crippen LogP contribution in [0, 0.1) is 10.1 Å². The summed E-state index contributed by atoms with van der Waals surface area (Å²) in [6.45, 7) is 0. The van der Waals surface area contributed by atoms with Gasteiger partial charge in [-0.3, -0.25) is 14.9 Å². The number of ether oxygens (including phenoxy) is 2. The fourth-order valence-electron chi connectivity index (χ4n) is 4.18. The molecule has 0 saturated heterocycles. The molecule has 0 atom stereocenters. The molecular weight excluding hydrogens is 412 g/mol. The number of hydrogen-bond acceptors (Lipinski definition) is 7. The van der Waals surface area contributed by atoms with Gasteiger partial charge in [0, 0.05) is 17.5 Å². The second-order valence-corrected chi connectivity index (χ2v) is 7.72. The molecule has 1 saturated carbocycles. The molecule has 9 nitrogen and oxygen atoms in total. The molecule has 3 aromatic rings. The van der Waals surface area contributed by atoms with Crippen molar-refractivity contribution in [3.8, 4) is 11.5 Å². The molecule has 0 spiro atoms. The molecule has 0 radical (unpaired) electrons. The standard InChI is InChI=1S/C23H24N4O5/c1-31-20-13-15(12-19(27(29)30)21(20)32-2)14-24-26-22(16-8-4-3-5-9-16)25-18-11-7-6-10-17(18)23(26)28/h6-7,10-14,16H,3-5,8-9H2,1-2H3. The van der Waals surface area contributed by atoms with E-state index in [2.05, 4.69) is 5.10 Å². The van der Waals surface area contributed by atoms with Crippen LogP contribution < -0.4 is 15.0 Å². The number of methoxy groups -OCH3 is 2. The van der Waals surface area contributed by atoms with Crippen LogP contribution in [0.2, 0.25) is 0 Å². The summed E-state index contributed by atoms with van der Waals surface area (Å²) in [5, 5.41) is 16.4. The average Bonchev–Trinajstić information content (AvgIpc) is 2.83. The summed E-state index contributed by atoms with van der Waals surface area (Å²) < 4.78 is 11.7. The van der Waals surface area contributed by atoms with Gasteiger partial charge in [-0.2, -0.15) is 9.78 Å². The molecular formula is C23H24N4O5. The van der Waals surface area contributed by atoms with Crippen molar-refractivity contribution in [3.05, 3.63) is 68.3 Å². The Kier molecular flexibility index (Phi) is 6.16. The zero-order valence-electron chi connectivity index (χ0n) is 18.0. The predicted octanol–water partition coefficient (Wildman–Crippen LogP) is 4.25. The Hall–Kier alpha value is -3.75. The van der Waals surface area contributed by atoms with Crippen LogP contribution in [-0.4, -0.2) is 35.0 Å². The molecule has 0 N–H and O–H groups in total. The van der Waals surface area contributed by atoms with Crippen molar-refractivity contribution in [1.82, 2.24) is 9.66 Å². The number of hydrogen-bond donors (Lipinski definition) is 0. The van der Waals surface area contributed by atoms with Crippen molar-refractivity contribution in [2.24, 2.45) is 5.10 Å². The van der Waals surface area contributed by atoms with Crippen molar-refractivity contribution < 1.29 is 14.4 Å². The van der Waals surface area contributed by atoms with E-state index < -0.39 is 4.92 Å². The third-order valence-corrected chi connectivity index (χ3v) is 5.75. The Morgan fingerprint density at radius 2 is 1.91 bits per heavy atom. The molecule has 1 aliphatic carbocycles. The number of rotatable bonds is 6.